The van der Waals surface area contributed by atoms with Crippen molar-refractivity contribution < 1.29 is 9.18 Å². The lowest BCUT2D eigenvalue weighted by Gasteiger charge is -2.20. The molecule has 2 atom stereocenters. The number of benzene rings is 1. The van der Waals surface area contributed by atoms with Gasteiger partial charge in [0.25, 0.3) is 0 Å². The van der Waals surface area contributed by atoms with Crippen molar-refractivity contribution in [2.24, 2.45) is 0 Å². The second-order valence-electron chi connectivity index (χ2n) is 5.48. The number of anilines is 1. The Morgan fingerprint density at radius 3 is 2.55 bits per heavy atom. The van der Waals surface area contributed by atoms with Crippen molar-refractivity contribution in [3.05, 3.63) is 51.5 Å². The first-order valence-corrected chi connectivity index (χ1v) is 8.08. The first-order valence-electron chi connectivity index (χ1n) is 7.26. The first-order chi connectivity index (χ1) is 10.4. The Balaban J connectivity index is 1.97. The van der Waals surface area contributed by atoms with Crippen LogP contribution in [0.1, 0.15) is 35.2 Å². The third kappa shape index (κ3) is 4.15. The highest BCUT2D eigenvalue weighted by Gasteiger charge is 2.18. The van der Waals surface area contributed by atoms with Crippen LogP contribution in [0, 0.1) is 19.7 Å². The predicted molar refractivity (Wildman–Crippen MR) is 89.8 cm³/mol. The Labute approximate surface area is 134 Å². The molecule has 0 saturated heterocycles. The van der Waals surface area contributed by atoms with Crippen LogP contribution in [0.4, 0.5) is 10.1 Å². The molecule has 1 aromatic carbocycles. The van der Waals surface area contributed by atoms with Crippen LogP contribution in [0.5, 0.6) is 0 Å². The minimum atomic E-state index is -0.377. The molecule has 2 unspecified atom stereocenters. The van der Waals surface area contributed by atoms with Crippen molar-refractivity contribution in [1.29, 1.82) is 0 Å². The van der Waals surface area contributed by atoms with E-state index in [9.17, 15) is 9.18 Å². The van der Waals surface area contributed by atoms with Gasteiger partial charge in [0.1, 0.15) is 5.82 Å². The Morgan fingerprint density at radius 1 is 1.23 bits per heavy atom. The van der Waals surface area contributed by atoms with Crippen LogP contribution >= 0.6 is 11.3 Å². The van der Waals surface area contributed by atoms with E-state index >= 15 is 0 Å². The van der Waals surface area contributed by atoms with Gasteiger partial charge < -0.3 is 5.32 Å². The highest BCUT2D eigenvalue weighted by atomic mass is 32.1. The van der Waals surface area contributed by atoms with Gasteiger partial charge in [-0.2, -0.15) is 0 Å². The van der Waals surface area contributed by atoms with E-state index in [1.54, 1.807) is 30.4 Å². The summed E-state index contributed by atoms with van der Waals surface area (Å²) in [6, 6.07) is 7.75. The van der Waals surface area contributed by atoms with Crippen LogP contribution in [0.15, 0.2) is 30.3 Å². The molecule has 0 radical (unpaired) electrons. The zero-order valence-corrected chi connectivity index (χ0v) is 14.1. The summed E-state index contributed by atoms with van der Waals surface area (Å²) in [6.45, 7) is 8.01. The van der Waals surface area contributed by atoms with Crippen LogP contribution in [0.2, 0.25) is 0 Å². The molecule has 0 fully saturated rings. The third-order valence-electron chi connectivity index (χ3n) is 3.53. The molecule has 2 rings (SSSR count). The van der Waals surface area contributed by atoms with Crippen LogP contribution in [-0.4, -0.2) is 11.9 Å². The van der Waals surface area contributed by atoms with Crippen molar-refractivity contribution in [1.82, 2.24) is 5.32 Å². The molecule has 2 N–H and O–H groups in total. The van der Waals surface area contributed by atoms with Crippen LogP contribution in [0.25, 0.3) is 0 Å². The number of hydrogen-bond acceptors (Lipinski definition) is 3. The van der Waals surface area contributed by atoms with Crippen LogP contribution < -0.4 is 10.6 Å². The van der Waals surface area contributed by atoms with E-state index < -0.39 is 0 Å². The fraction of sp³-hybridized carbons (Fsp3) is 0.353. The number of rotatable bonds is 5. The van der Waals surface area contributed by atoms with Gasteiger partial charge in [-0.25, -0.2) is 4.39 Å². The molecule has 22 heavy (non-hydrogen) atoms. The smallest absolute Gasteiger partial charge is 0.241 e. The quantitative estimate of drug-likeness (QED) is 0.867. The van der Waals surface area contributed by atoms with E-state index in [0.717, 1.165) is 0 Å². The van der Waals surface area contributed by atoms with Crippen molar-refractivity contribution in [2.75, 3.05) is 5.32 Å². The van der Waals surface area contributed by atoms with Gasteiger partial charge >= 0.3 is 0 Å². The molecule has 0 saturated carbocycles. The Morgan fingerprint density at radius 2 is 1.95 bits per heavy atom. The van der Waals surface area contributed by atoms with E-state index in [0.29, 0.717) is 5.69 Å². The second-order valence-corrected chi connectivity index (χ2v) is 6.94. The summed E-state index contributed by atoms with van der Waals surface area (Å²) in [5.74, 6) is -0.543. The number of hydrogen-bond donors (Lipinski definition) is 2. The van der Waals surface area contributed by atoms with Gasteiger partial charge in [-0.1, -0.05) is 6.07 Å². The highest BCUT2D eigenvalue weighted by Crippen LogP contribution is 2.26. The van der Waals surface area contributed by atoms with Crippen molar-refractivity contribution in [3.8, 4) is 0 Å². The lowest BCUT2D eigenvalue weighted by atomic mass is 10.1. The summed E-state index contributed by atoms with van der Waals surface area (Å²) in [5.41, 5.74) is 1.68. The normalized spacial score (nSPS) is 13.7. The molecule has 1 heterocycles. The maximum absolute atomic E-state index is 13.1. The van der Waals surface area contributed by atoms with Crippen LogP contribution in [-0.2, 0) is 4.79 Å². The molecule has 0 aliphatic rings. The Hall–Kier alpha value is -1.72. The van der Waals surface area contributed by atoms with E-state index in [4.69, 9.17) is 0 Å². The fourth-order valence-electron chi connectivity index (χ4n) is 2.44. The first kappa shape index (κ1) is 16.6. The SMILES string of the molecule is Cc1cc(C(C)NC(C)C(=O)Nc2cccc(F)c2)c(C)s1. The summed E-state index contributed by atoms with van der Waals surface area (Å²) in [6.07, 6.45) is 0. The maximum Gasteiger partial charge on any atom is 0.241 e. The Kier molecular flexibility index (Phi) is 5.32. The maximum atomic E-state index is 13.1. The van der Waals surface area contributed by atoms with Gasteiger partial charge in [0.2, 0.25) is 5.91 Å². The molecule has 1 amide bonds. The molecule has 2 aromatic rings. The molecular weight excluding hydrogens is 299 g/mol. The average molecular weight is 320 g/mol. The monoisotopic (exact) mass is 320 g/mol. The largest absolute Gasteiger partial charge is 0.325 e. The second kappa shape index (κ2) is 7.03. The molecular formula is C17H21FN2OS. The Bertz CT molecular complexity index is 668. The van der Waals surface area contributed by atoms with E-state index in [2.05, 4.69) is 30.5 Å². The fourth-order valence-corrected chi connectivity index (χ4v) is 3.46. The molecule has 0 aliphatic carbocycles. The summed E-state index contributed by atoms with van der Waals surface area (Å²) in [4.78, 5) is 14.7. The molecule has 1 aromatic heterocycles. The molecule has 0 bridgehead atoms. The van der Waals surface area contributed by atoms with Gasteiger partial charge in [0.05, 0.1) is 6.04 Å². The van der Waals surface area contributed by atoms with E-state index in [1.807, 2.05) is 6.92 Å². The number of carbonyl (C=O) groups is 1. The predicted octanol–water partition coefficient (Wildman–Crippen LogP) is 4.18. The number of halogens is 1. The standard InChI is InChI=1S/C17H21FN2OS/c1-10-8-16(13(4)22-10)11(2)19-12(3)17(21)20-15-7-5-6-14(18)9-15/h5-9,11-12,19H,1-4H3,(H,20,21). The average Bonchev–Trinajstić information content (AvgIpc) is 2.77. The number of nitrogens with one attached hydrogen (secondary N) is 2. The number of thiophene rings is 1. The van der Waals surface area contributed by atoms with E-state index in [-0.39, 0.29) is 23.8 Å². The zero-order valence-electron chi connectivity index (χ0n) is 13.2. The number of aryl methyl sites for hydroxylation is 2. The van der Waals surface area contributed by atoms with Gasteiger partial charge in [-0.3, -0.25) is 10.1 Å². The minimum absolute atomic E-state index is 0.0817. The van der Waals surface area contributed by atoms with Gasteiger partial charge in [0, 0.05) is 21.5 Å². The van der Waals surface area contributed by atoms with Crippen molar-refractivity contribution in [2.45, 2.75) is 39.8 Å². The number of carbonyl (C=O) groups excluding carboxylic acids is 1. The van der Waals surface area contributed by atoms with Gasteiger partial charge in [-0.05, 0) is 57.5 Å². The topological polar surface area (TPSA) is 41.1 Å². The molecule has 3 nitrogen and oxygen atoms in total. The lowest BCUT2D eigenvalue weighted by molar-refractivity contribution is -0.117. The van der Waals surface area contributed by atoms with Crippen molar-refractivity contribution in [3.63, 3.8) is 0 Å². The minimum Gasteiger partial charge on any atom is -0.325 e. The molecule has 5 heteroatoms. The summed E-state index contributed by atoms with van der Waals surface area (Å²) in [5, 5.41) is 6.01. The van der Waals surface area contributed by atoms with Gasteiger partial charge in [0.15, 0.2) is 0 Å². The van der Waals surface area contributed by atoms with Crippen LogP contribution in [0.3, 0.4) is 0 Å². The zero-order chi connectivity index (χ0) is 16.3. The highest BCUT2D eigenvalue weighted by molar-refractivity contribution is 7.12. The summed E-state index contributed by atoms with van der Waals surface area (Å²) < 4.78 is 13.1. The van der Waals surface area contributed by atoms with Crippen molar-refractivity contribution >= 4 is 22.9 Å². The van der Waals surface area contributed by atoms with E-state index in [1.165, 1.54) is 27.5 Å². The molecule has 0 aliphatic heterocycles. The summed E-state index contributed by atoms with van der Waals surface area (Å²) in [7, 11) is 0. The van der Waals surface area contributed by atoms with Gasteiger partial charge in [-0.15, -0.1) is 11.3 Å². The molecule has 0 spiro atoms. The summed E-state index contributed by atoms with van der Waals surface area (Å²) >= 11 is 1.76. The lowest BCUT2D eigenvalue weighted by Crippen LogP contribution is -2.39. The number of amides is 1. The molecule has 118 valence electrons. The third-order valence-corrected chi connectivity index (χ3v) is 4.51.